The third-order valence-corrected chi connectivity index (χ3v) is 2.62. The standard InChI is InChI=1S/C13H22N2O2/c1-7-9-13(10-8-2,11(16)14(3)4)12(17)15(5)6/h7-8H,1-2,9-10H2,3-6H3. The molecule has 0 aromatic rings. The molecule has 0 aliphatic rings. The van der Waals surface area contributed by atoms with Crippen molar-refractivity contribution in [3.63, 3.8) is 0 Å². The molecule has 0 aliphatic heterocycles. The Kier molecular flexibility index (Phi) is 5.65. The molecule has 0 heterocycles. The predicted octanol–water partition coefficient (Wildman–Crippen LogP) is 1.30. The molecule has 0 aromatic heterocycles. The van der Waals surface area contributed by atoms with Gasteiger partial charge < -0.3 is 9.80 Å². The fraction of sp³-hybridized carbons (Fsp3) is 0.538. The first-order chi connectivity index (χ1) is 7.83. The van der Waals surface area contributed by atoms with Crippen LogP contribution in [0.5, 0.6) is 0 Å². The minimum absolute atomic E-state index is 0.212. The topological polar surface area (TPSA) is 40.6 Å². The lowest BCUT2D eigenvalue weighted by molar-refractivity contribution is -0.153. The van der Waals surface area contributed by atoms with Crippen LogP contribution in [-0.4, -0.2) is 49.8 Å². The molecule has 96 valence electrons. The van der Waals surface area contributed by atoms with Crippen molar-refractivity contribution < 1.29 is 9.59 Å². The Labute approximate surface area is 104 Å². The van der Waals surface area contributed by atoms with E-state index in [2.05, 4.69) is 13.2 Å². The van der Waals surface area contributed by atoms with Gasteiger partial charge in [-0.15, -0.1) is 13.2 Å². The Balaban J connectivity index is 5.56. The largest absolute Gasteiger partial charge is 0.348 e. The summed E-state index contributed by atoms with van der Waals surface area (Å²) in [5.74, 6) is -0.424. The van der Waals surface area contributed by atoms with Gasteiger partial charge in [0, 0.05) is 28.2 Å². The highest BCUT2D eigenvalue weighted by Crippen LogP contribution is 2.31. The van der Waals surface area contributed by atoms with Crippen LogP contribution in [0, 0.1) is 5.41 Å². The van der Waals surface area contributed by atoms with Gasteiger partial charge in [-0.1, -0.05) is 12.2 Å². The van der Waals surface area contributed by atoms with Crippen LogP contribution >= 0.6 is 0 Å². The number of allylic oxidation sites excluding steroid dienone is 2. The summed E-state index contributed by atoms with van der Waals surface area (Å²) in [5.41, 5.74) is -1.10. The van der Waals surface area contributed by atoms with Crippen molar-refractivity contribution >= 4 is 11.8 Å². The second kappa shape index (κ2) is 6.23. The van der Waals surface area contributed by atoms with Gasteiger partial charge in [0.25, 0.3) is 0 Å². The molecule has 0 spiro atoms. The second-order valence-corrected chi connectivity index (χ2v) is 4.47. The molecule has 0 N–H and O–H groups in total. The zero-order chi connectivity index (χ0) is 13.6. The van der Waals surface area contributed by atoms with Gasteiger partial charge in [-0.3, -0.25) is 9.59 Å². The number of nitrogens with zero attached hydrogens (tertiary/aromatic N) is 2. The first-order valence-corrected chi connectivity index (χ1v) is 5.48. The highest BCUT2D eigenvalue weighted by Gasteiger charge is 2.45. The van der Waals surface area contributed by atoms with Gasteiger partial charge in [-0.25, -0.2) is 0 Å². The van der Waals surface area contributed by atoms with E-state index in [1.165, 1.54) is 9.80 Å². The normalized spacial score (nSPS) is 10.6. The minimum Gasteiger partial charge on any atom is -0.348 e. The molecule has 0 bridgehead atoms. The molecular weight excluding hydrogens is 216 g/mol. The number of hydrogen-bond donors (Lipinski definition) is 0. The molecule has 0 saturated carbocycles. The molecule has 0 radical (unpaired) electrons. The quantitative estimate of drug-likeness (QED) is 0.517. The van der Waals surface area contributed by atoms with Gasteiger partial charge in [0.1, 0.15) is 5.41 Å². The SMILES string of the molecule is C=CCC(CC=C)(C(=O)N(C)C)C(=O)N(C)C. The lowest BCUT2D eigenvalue weighted by atomic mass is 9.78. The van der Waals surface area contributed by atoms with Crippen molar-refractivity contribution in [2.24, 2.45) is 5.41 Å². The zero-order valence-electron chi connectivity index (χ0n) is 11.2. The Morgan fingerprint density at radius 2 is 1.24 bits per heavy atom. The highest BCUT2D eigenvalue weighted by atomic mass is 16.2. The van der Waals surface area contributed by atoms with Crippen LogP contribution in [0.25, 0.3) is 0 Å². The Bertz CT molecular complexity index is 287. The molecule has 2 amide bonds. The summed E-state index contributed by atoms with van der Waals surface area (Å²) in [6.07, 6.45) is 3.83. The number of rotatable bonds is 6. The molecule has 0 rings (SSSR count). The number of carbonyl (C=O) groups excluding carboxylic acids is 2. The van der Waals surface area contributed by atoms with Crippen molar-refractivity contribution in [3.8, 4) is 0 Å². The van der Waals surface area contributed by atoms with Crippen LogP contribution in [-0.2, 0) is 9.59 Å². The molecule has 0 saturated heterocycles. The van der Waals surface area contributed by atoms with Gasteiger partial charge in [-0.2, -0.15) is 0 Å². The molecule has 0 aromatic carbocycles. The Morgan fingerprint density at radius 3 is 1.41 bits per heavy atom. The molecule has 17 heavy (non-hydrogen) atoms. The maximum absolute atomic E-state index is 12.3. The van der Waals surface area contributed by atoms with Gasteiger partial charge in [-0.05, 0) is 12.8 Å². The van der Waals surface area contributed by atoms with Crippen LogP contribution in [0.4, 0.5) is 0 Å². The Hall–Kier alpha value is -1.58. The van der Waals surface area contributed by atoms with E-state index in [0.29, 0.717) is 12.8 Å². The zero-order valence-corrected chi connectivity index (χ0v) is 11.2. The van der Waals surface area contributed by atoms with Crippen LogP contribution in [0.1, 0.15) is 12.8 Å². The van der Waals surface area contributed by atoms with E-state index in [4.69, 9.17) is 0 Å². The van der Waals surface area contributed by atoms with E-state index in [-0.39, 0.29) is 11.8 Å². The second-order valence-electron chi connectivity index (χ2n) is 4.47. The van der Waals surface area contributed by atoms with E-state index < -0.39 is 5.41 Å². The first-order valence-electron chi connectivity index (χ1n) is 5.48. The lowest BCUT2D eigenvalue weighted by Crippen LogP contribution is -2.50. The maximum atomic E-state index is 12.3. The molecule has 4 heteroatoms. The number of amides is 2. The first kappa shape index (κ1) is 15.4. The molecule has 4 nitrogen and oxygen atoms in total. The minimum atomic E-state index is -1.10. The van der Waals surface area contributed by atoms with Crippen molar-refractivity contribution in [1.82, 2.24) is 9.80 Å². The summed E-state index contributed by atoms with van der Waals surface area (Å²) in [6, 6.07) is 0. The summed E-state index contributed by atoms with van der Waals surface area (Å²) < 4.78 is 0. The monoisotopic (exact) mass is 238 g/mol. The fourth-order valence-electron chi connectivity index (χ4n) is 1.87. The fourth-order valence-corrected chi connectivity index (χ4v) is 1.87. The van der Waals surface area contributed by atoms with E-state index in [0.717, 1.165) is 0 Å². The highest BCUT2D eigenvalue weighted by molar-refractivity contribution is 6.05. The summed E-state index contributed by atoms with van der Waals surface area (Å²) in [4.78, 5) is 27.4. The molecular formula is C13H22N2O2. The predicted molar refractivity (Wildman–Crippen MR) is 69.4 cm³/mol. The van der Waals surface area contributed by atoms with E-state index in [1.54, 1.807) is 40.3 Å². The molecule has 0 unspecified atom stereocenters. The Morgan fingerprint density at radius 1 is 0.941 bits per heavy atom. The van der Waals surface area contributed by atoms with E-state index in [9.17, 15) is 9.59 Å². The van der Waals surface area contributed by atoms with Crippen LogP contribution in [0.15, 0.2) is 25.3 Å². The van der Waals surface area contributed by atoms with Gasteiger partial charge in [0.05, 0.1) is 0 Å². The van der Waals surface area contributed by atoms with Crippen LogP contribution in [0.3, 0.4) is 0 Å². The third-order valence-electron chi connectivity index (χ3n) is 2.62. The summed E-state index contributed by atoms with van der Waals surface area (Å²) in [5, 5.41) is 0. The summed E-state index contributed by atoms with van der Waals surface area (Å²) >= 11 is 0. The average Bonchev–Trinajstić information content (AvgIpc) is 2.26. The van der Waals surface area contributed by atoms with Crippen molar-refractivity contribution in [3.05, 3.63) is 25.3 Å². The molecule has 0 atom stereocenters. The van der Waals surface area contributed by atoms with E-state index in [1.807, 2.05) is 0 Å². The summed E-state index contributed by atoms with van der Waals surface area (Å²) in [7, 11) is 6.58. The van der Waals surface area contributed by atoms with E-state index >= 15 is 0 Å². The van der Waals surface area contributed by atoms with Crippen molar-refractivity contribution in [2.75, 3.05) is 28.2 Å². The van der Waals surface area contributed by atoms with Crippen molar-refractivity contribution in [1.29, 1.82) is 0 Å². The smallest absolute Gasteiger partial charge is 0.238 e. The number of carbonyl (C=O) groups is 2. The van der Waals surface area contributed by atoms with Gasteiger partial charge >= 0.3 is 0 Å². The number of hydrogen-bond acceptors (Lipinski definition) is 2. The van der Waals surface area contributed by atoms with Gasteiger partial charge in [0.2, 0.25) is 11.8 Å². The summed E-state index contributed by atoms with van der Waals surface area (Å²) in [6.45, 7) is 7.27. The molecule has 0 aliphatic carbocycles. The van der Waals surface area contributed by atoms with Crippen LogP contribution in [0.2, 0.25) is 0 Å². The average molecular weight is 238 g/mol. The van der Waals surface area contributed by atoms with Crippen LogP contribution < -0.4 is 0 Å². The lowest BCUT2D eigenvalue weighted by Gasteiger charge is -2.33. The molecule has 0 fully saturated rings. The maximum Gasteiger partial charge on any atom is 0.238 e. The van der Waals surface area contributed by atoms with Gasteiger partial charge in [0.15, 0.2) is 0 Å². The third kappa shape index (κ3) is 3.19. The van der Waals surface area contributed by atoms with Crippen molar-refractivity contribution in [2.45, 2.75) is 12.8 Å².